The highest BCUT2D eigenvalue weighted by Crippen LogP contribution is 2.68. The van der Waals surface area contributed by atoms with Crippen LogP contribution in [-0.2, 0) is 21.3 Å². The van der Waals surface area contributed by atoms with Crippen LogP contribution in [0.1, 0.15) is 50.7 Å². The largest absolute Gasteiger partial charge is 0.493 e. The van der Waals surface area contributed by atoms with Gasteiger partial charge in [-0.3, -0.25) is 0 Å². The molecule has 2 spiro atoms. The molecule has 6 rings (SSSR count). The third-order valence-corrected chi connectivity index (χ3v) is 8.40. The van der Waals surface area contributed by atoms with Gasteiger partial charge in [-0.2, -0.15) is 0 Å². The molecule has 1 aromatic carbocycles. The molecule has 0 radical (unpaired) electrons. The van der Waals surface area contributed by atoms with Crippen LogP contribution in [-0.4, -0.2) is 66.5 Å². The molecule has 3 aliphatic heterocycles. The number of likely N-dealkylation sites (N-methyl/N-ethyl adjacent to an activating group) is 1. The van der Waals surface area contributed by atoms with E-state index in [4.69, 9.17) is 18.9 Å². The van der Waals surface area contributed by atoms with Crippen LogP contribution in [0.5, 0.6) is 11.5 Å². The molecular weight excluding hydrogens is 370 g/mol. The zero-order valence-corrected chi connectivity index (χ0v) is 17.7. The molecule has 5 aliphatic rings. The van der Waals surface area contributed by atoms with Crippen LogP contribution >= 0.6 is 0 Å². The monoisotopic (exact) mass is 401 g/mol. The molecule has 1 saturated carbocycles. The summed E-state index contributed by atoms with van der Waals surface area (Å²) < 4.78 is 25.5. The summed E-state index contributed by atoms with van der Waals surface area (Å²) in [7, 11) is 3.82. The molecule has 1 aromatic rings. The minimum atomic E-state index is -0.864. The first kappa shape index (κ1) is 18.4. The Labute approximate surface area is 172 Å². The van der Waals surface area contributed by atoms with E-state index in [-0.39, 0.29) is 24.4 Å². The average molecular weight is 402 g/mol. The van der Waals surface area contributed by atoms with E-state index in [1.54, 1.807) is 7.11 Å². The van der Waals surface area contributed by atoms with Crippen LogP contribution in [0.15, 0.2) is 12.1 Å². The summed E-state index contributed by atoms with van der Waals surface area (Å²) in [4.78, 5) is 2.33. The number of hydrogen-bond donors (Lipinski definition) is 1. The van der Waals surface area contributed by atoms with Crippen LogP contribution in [0.2, 0.25) is 0 Å². The van der Waals surface area contributed by atoms with E-state index in [9.17, 15) is 5.11 Å². The third kappa shape index (κ3) is 2.02. The number of aliphatic hydroxyl groups is 1. The Bertz CT molecular complexity index is 863. The molecule has 29 heavy (non-hydrogen) atoms. The van der Waals surface area contributed by atoms with E-state index in [1.807, 2.05) is 6.07 Å². The van der Waals surface area contributed by atoms with Gasteiger partial charge < -0.3 is 29.0 Å². The minimum absolute atomic E-state index is 0.0741. The van der Waals surface area contributed by atoms with Crippen molar-refractivity contribution in [1.82, 2.24) is 4.90 Å². The number of benzene rings is 1. The normalized spacial score (nSPS) is 47.6. The van der Waals surface area contributed by atoms with Gasteiger partial charge in [0, 0.05) is 18.0 Å². The highest BCUT2D eigenvalue weighted by Gasteiger charge is 2.77. The fourth-order valence-corrected chi connectivity index (χ4v) is 7.37. The van der Waals surface area contributed by atoms with E-state index in [0.29, 0.717) is 12.8 Å². The van der Waals surface area contributed by atoms with Gasteiger partial charge in [0.1, 0.15) is 0 Å². The van der Waals surface area contributed by atoms with E-state index >= 15 is 0 Å². The van der Waals surface area contributed by atoms with Crippen molar-refractivity contribution in [2.45, 2.75) is 87.1 Å². The fourth-order valence-electron chi connectivity index (χ4n) is 7.37. The highest BCUT2D eigenvalue weighted by atomic mass is 16.7. The Morgan fingerprint density at radius 3 is 2.62 bits per heavy atom. The number of nitrogens with zero attached hydrogens (tertiary/aromatic N) is 1. The zero-order valence-electron chi connectivity index (χ0n) is 17.7. The highest BCUT2D eigenvalue weighted by molar-refractivity contribution is 5.63. The lowest BCUT2D eigenvalue weighted by Crippen LogP contribution is -2.80. The van der Waals surface area contributed by atoms with Crippen molar-refractivity contribution in [1.29, 1.82) is 0 Å². The fraction of sp³-hybridized carbons (Fsp3) is 0.739. The van der Waals surface area contributed by atoms with E-state index in [2.05, 4.69) is 31.9 Å². The number of likely N-dealkylation sites (tertiary alicyclic amines) is 1. The summed E-state index contributed by atoms with van der Waals surface area (Å²) >= 11 is 0. The number of fused-ring (bicyclic) bond motifs is 1. The molecule has 3 heterocycles. The summed E-state index contributed by atoms with van der Waals surface area (Å²) in [6.45, 7) is 5.15. The van der Waals surface area contributed by atoms with Gasteiger partial charge in [-0.1, -0.05) is 6.07 Å². The molecule has 1 N–H and O–H groups in total. The number of piperidine rings is 1. The van der Waals surface area contributed by atoms with Crippen molar-refractivity contribution in [3.63, 3.8) is 0 Å². The van der Waals surface area contributed by atoms with E-state index in [0.717, 1.165) is 42.9 Å². The van der Waals surface area contributed by atoms with Gasteiger partial charge in [0.25, 0.3) is 0 Å². The van der Waals surface area contributed by atoms with Crippen molar-refractivity contribution >= 4 is 0 Å². The van der Waals surface area contributed by atoms with Crippen molar-refractivity contribution in [3.05, 3.63) is 23.3 Å². The van der Waals surface area contributed by atoms with Crippen LogP contribution in [0.25, 0.3) is 0 Å². The van der Waals surface area contributed by atoms with Crippen molar-refractivity contribution in [2.75, 3.05) is 20.7 Å². The minimum Gasteiger partial charge on any atom is -0.493 e. The summed E-state index contributed by atoms with van der Waals surface area (Å²) in [6, 6.07) is 4.24. The van der Waals surface area contributed by atoms with E-state index in [1.165, 1.54) is 5.56 Å². The second-order valence-corrected chi connectivity index (χ2v) is 9.88. The molecule has 0 aromatic heterocycles. The van der Waals surface area contributed by atoms with Gasteiger partial charge in [0.15, 0.2) is 17.6 Å². The quantitative estimate of drug-likeness (QED) is 0.780. The van der Waals surface area contributed by atoms with Gasteiger partial charge in [-0.15, -0.1) is 0 Å². The topological polar surface area (TPSA) is 60.4 Å². The lowest BCUT2D eigenvalue weighted by molar-refractivity contribution is -0.378. The Balaban J connectivity index is 1.61. The Morgan fingerprint density at radius 1 is 1.14 bits per heavy atom. The standard InChI is InChI=1S/C23H31NO5/c1-13-11-14(2)29-23(28-13)8-7-22(25)17-12-15-5-6-16(26-4)19-18(15)21(22,20(23)27-19)9-10-24(17)3/h5-6,13-14,17,20,25H,7-12H2,1-4H3/t13-,14+,17-,20-,21+,22?,23?/m1/s1. The average Bonchev–Trinajstić information content (AvgIpc) is 3.03. The Morgan fingerprint density at radius 2 is 1.90 bits per heavy atom. The maximum Gasteiger partial charge on any atom is 0.207 e. The SMILES string of the molecule is COc1ccc2c3c1O[C@H]1C4(CCC5(O)[C@@H](C2)N(C)CC[C@]315)O[C@H](C)C[C@H](C)O4. The third-order valence-electron chi connectivity index (χ3n) is 8.40. The Hall–Kier alpha value is -1.34. The van der Waals surface area contributed by atoms with Gasteiger partial charge in [0.2, 0.25) is 5.79 Å². The number of hydrogen-bond acceptors (Lipinski definition) is 6. The van der Waals surface area contributed by atoms with Crippen molar-refractivity contribution < 1.29 is 24.1 Å². The molecule has 2 aliphatic carbocycles. The number of ether oxygens (including phenoxy) is 4. The summed E-state index contributed by atoms with van der Waals surface area (Å²) in [5.74, 6) is 0.692. The molecule has 2 unspecified atom stereocenters. The van der Waals surface area contributed by atoms with Crippen LogP contribution in [0, 0.1) is 0 Å². The van der Waals surface area contributed by atoms with Crippen LogP contribution in [0.3, 0.4) is 0 Å². The molecule has 158 valence electrons. The second kappa shape index (κ2) is 5.67. The van der Waals surface area contributed by atoms with Crippen molar-refractivity contribution in [3.8, 4) is 11.5 Å². The summed E-state index contributed by atoms with van der Waals surface area (Å²) in [6.07, 6.45) is 3.64. The van der Waals surface area contributed by atoms with Gasteiger partial charge in [0.05, 0.1) is 30.3 Å². The predicted molar refractivity (Wildman–Crippen MR) is 106 cm³/mol. The van der Waals surface area contributed by atoms with Crippen LogP contribution in [0.4, 0.5) is 0 Å². The first-order valence-corrected chi connectivity index (χ1v) is 11.0. The molecule has 2 saturated heterocycles. The molecule has 3 fully saturated rings. The van der Waals surface area contributed by atoms with Gasteiger partial charge >= 0.3 is 0 Å². The smallest absolute Gasteiger partial charge is 0.207 e. The number of rotatable bonds is 1. The summed E-state index contributed by atoms with van der Waals surface area (Å²) in [5.41, 5.74) is 1.01. The maximum atomic E-state index is 12.3. The van der Waals surface area contributed by atoms with E-state index < -0.39 is 16.8 Å². The number of methoxy groups -OCH3 is 1. The molecule has 7 atom stereocenters. The predicted octanol–water partition coefficient (Wildman–Crippen LogP) is 2.39. The second-order valence-electron chi connectivity index (χ2n) is 9.88. The van der Waals surface area contributed by atoms with Gasteiger partial charge in [-0.05, 0) is 64.8 Å². The lowest BCUT2D eigenvalue weighted by Gasteiger charge is -2.66. The lowest BCUT2D eigenvalue weighted by atomic mass is 9.48. The Kier molecular flexibility index (Phi) is 3.60. The molecule has 6 heteroatoms. The van der Waals surface area contributed by atoms with Crippen molar-refractivity contribution in [2.24, 2.45) is 0 Å². The molecule has 0 amide bonds. The first-order chi connectivity index (χ1) is 13.8. The van der Waals surface area contributed by atoms with Gasteiger partial charge in [-0.25, -0.2) is 0 Å². The molecular formula is C23H31NO5. The maximum absolute atomic E-state index is 12.3. The molecule has 6 nitrogen and oxygen atoms in total. The first-order valence-electron chi connectivity index (χ1n) is 11.0. The van der Waals surface area contributed by atoms with Crippen LogP contribution < -0.4 is 9.47 Å². The zero-order chi connectivity index (χ0) is 20.2. The molecule has 2 bridgehead atoms. The summed E-state index contributed by atoms with van der Waals surface area (Å²) in [5, 5.41) is 12.3.